The van der Waals surface area contributed by atoms with Crippen molar-refractivity contribution in [1.29, 1.82) is 0 Å². The Hall–Kier alpha value is -2.66. The van der Waals surface area contributed by atoms with E-state index in [0.717, 1.165) is 32.1 Å². The number of fused-ring (bicyclic) bond motifs is 1. The second-order valence-corrected chi connectivity index (χ2v) is 6.51. The van der Waals surface area contributed by atoms with Crippen LogP contribution in [0.3, 0.4) is 0 Å². The van der Waals surface area contributed by atoms with E-state index >= 15 is 0 Å². The molecule has 0 spiro atoms. The number of rotatable bonds is 4. The molecule has 4 rings (SSSR count). The fraction of sp³-hybridized carbons (Fsp3) is 0.100. The van der Waals surface area contributed by atoms with E-state index in [4.69, 9.17) is 9.26 Å². The minimum atomic E-state index is 0.218. The molecule has 0 saturated carbocycles. The molecule has 124 valence electrons. The first-order valence-electron chi connectivity index (χ1n) is 7.91. The van der Waals surface area contributed by atoms with Gasteiger partial charge in [0.25, 0.3) is 5.89 Å². The van der Waals surface area contributed by atoms with Gasteiger partial charge in [0.05, 0.1) is 4.47 Å². The fourth-order valence-corrected chi connectivity index (χ4v) is 3.32. The highest BCUT2D eigenvalue weighted by Gasteiger charge is 2.12. The highest BCUT2D eigenvalue weighted by molar-refractivity contribution is 9.10. The smallest absolute Gasteiger partial charge is 0.264 e. The van der Waals surface area contributed by atoms with Gasteiger partial charge in [-0.15, -0.1) is 0 Å². The highest BCUT2D eigenvalue weighted by Crippen LogP contribution is 2.33. The number of halogens is 1. The molecule has 1 aromatic heterocycles. The second kappa shape index (κ2) is 6.69. The lowest BCUT2D eigenvalue weighted by Crippen LogP contribution is -1.97. The number of ether oxygens (including phenoxy) is 1. The Morgan fingerprint density at radius 3 is 2.68 bits per heavy atom. The van der Waals surface area contributed by atoms with Gasteiger partial charge < -0.3 is 9.26 Å². The van der Waals surface area contributed by atoms with Crippen LogP contribution < -0.4 is 4.74 Å². The van der Waals surface area contributed by atoms with Crippen LogP contribution in [0.2, 0.25) is 0 Å². The number of nitrogens with zero attached hydrogens (tertiary/aromatic N) is 2. The van der Waals surface area contributed by atoms with E-state index in [9.17, 15) is 0 Å². The van der Waals surface area contributed by atoms with Crippen LogP contribution >= 0.6 is 15.9 Å². The van der Waals surface area contributed by atoms with Gasteiger partial charge in [-0.25, -0.2) is 0 Å². The minimum Gasteiger partial charge on any atom is -0.483 e. The van der Waals surface area contributed by atoms with Gasteiger partial charge in [-0.05, 0) is 45.3 Å². The van der Waals surface area contributed by atoms with E-state index in [-0.39, 0.29) is 6.61 Å². The van der Waals surface area contributed by atoms with Gasteiger partial charge in [0.1, 0.15) is 5.75 Å². The summed E-state index contributed by atoms with van der Waals surface area (Å²) < 4.78 is 12.1. The van der Waals surface area contributed by atoms with Crippen molar-refractivity contribution in [3.63, 3.8) is 0 Å². The summed E-state index contributed by atoms with van der Waals surface area (Å²) in [5.74, 6) is 1.77. The van der Waals surface area contributed by atoms with E-state index in [1.54, 1.807) is 0 Å². The molecule has 5 heteroatoms. The van der Waals surface area contributed by atoms with Crippen LogP contribution in [0.5, 0.6) is 5.75 Å². The summed E-state index contributed by atoms with van der Waals surface area (Å²) in [5.41, 5.74) is 2.07. The van der Waals surface area contributed by atoms with Gasteiger partial charge in [-0.2, -0.15) is 4.98 Å². The number of benzene rings is 3. The van der Waals surface area contributed by atoms with Gasteiger partial charge >= 0.3 is 0 Å². The third-order valence-corrected chi connectivity index (χ3v) is 4.85. The van der Waals surface area contributed by atoms with Crippen LogP contribution in [-0.2, 0) is 6.61 Å². The molecule has 1 heterocycles. The summed E-state index contributed by atoms with van der Waals surface area (Å²) in [5, 5.41) is 6.31. The molecule has 3 aromatic carbocycles. The zero-order valence-corrected chi connectivity index (χ0v) is 15.2. The van der Waals surface area contributed by atoms with Crippen LogP contribution in [0.4, 0.5) is 0 Å². The zero-order valence-electron chi connectivity index (χ0n) is 13.6. The van der Waals surface area contributed by atoms with Crippen molar-refractivity contribution in [3.05, 3.63) is 76.6 Å². The molecule has 0 atom stereocenters. The van der Waals surface area contributed by atoms with Crippen LogP contribution in [0.1, 0.15) is 11.5 Å². The quantitative estimate of drug-likeness (QED) is 0.455. The van der Waals surface area contributed by atoms with Gasteiger partial charge in [-0.1, -0.05) is 59.8 Å². The Labute approximate surface area is 153 Å². The number of hydrogen-bond acceptors (Lipinski definition) is 4. The largest absolute Gasteiger partial charge is 0.483 e. The van der Waals surface area contributed by atoms with Gasteiger partial charge in [0, 0.05) is 5.56 Å². The normalized spacial score (nSPS) is 11.0. The summed E-state index contributed by atoms with van der Waals surface area (Å²) in [7, 11) is 0. The summed E-state index contributed by atoms with van der Waals surface area (Å²) in [6, 6.07) is 20.0. The molecule has 0 N–H and O–H groups in total. The maximum Gasteiger partial charge on any atom is 0.264 e. The fourth-order valence-electron chi connectivity index (χ4n) is 2.71. The zero-order chi connectivity index (χ0) is 17.2. The molecule has 0 radical (unpaired) electrons. The van der Waals surface area contributed by atoms with E-state index in [2.05, 4.69) is 38.2 Å². The van der Waals surface area contributed by atoms with E-state index in [1.165, 1.54) is 0 Å². The number of aromatic nitrogens is 2. The Morgan fingerprint density at radius 1 is 1.00 bits per heavy atom. The van der Waals surface area contributed by atoms with Crippen molar-refractivity contribution in [2.24, 2.45) is 0 Å². The maximum absolute atomic E-state index is 5.87. The molecule has 25 heavy (non-hydrogen) atoms. The lowest BCUT2D eigenvalue weighted by Gasteiger charge is -2.08. The van der Waals surface area contributed by atoms with Crippen LogP contribution in [0, 0.1) is 6.92 Å². The summed E-state index contributed by atoms with van der Waals surface area (Å²) in [4.78, 5) is 4.43. The third-order valence-electron chi connectivity index (χ3n) is 4.03. The minimum absolute atomic E-state index is 0.218. The molecule has 0 amide bonds. The Balaban J connectivity index is 1.55. The first-order chi connectivity index (χ1) is 12.2. The molecule has 0 aliphatic carbocycles. The van der Waals surface area contributed by atoms with Crippen molar-refractivity contribution >= 4 is 26.7 Å². The summed E-state index contributed by atoms with van der Waals surface area (Å²) >= 11 is 3.62. The van der Waals surface area contributed by atoms with Crippen molar-refractivity contribution < 1.29 is 9.26 Å². The average Bonchev–Trinajstić information content (AvgIpc) is 3.10. The first-order valence-corrected chi connectivity index (χ1v) is 8.70. The number of aryl methyl sites for hydroxylation is 1. The van der Waals surface area contributed by atoms with Crippen molar-refractivity contribution in [1.82, 2.24) is 10.1 Å². The van der Waals surface area contributed by atoms with Gasteiger partial charge in [0.2, 0.25) is 5.82 Å². The van der Waals surface area contributed by atoms with Gasteiger partial charge in [-0.3, -0.25) is 0 Å². The van der Waals surface area contributed by atoms with Crippen molar-refractivity contribution in [2.75, 3.05) is 0 Å². The molecule has 0 aliphatic rings. The van der Waals surface area contributed by atoms with Crippen molar-refractivity contribution in [2.45, 2.75) is 13.5 Å². The Bertz CT molecular complexity index is 1040. The lowest BCUT2D eigenvalue weighted by atomic mass is 10.1. The molecule has 0 bridgehead atoms. The van der Waals surface area contributed by atoms with Crippen LogP contribution in [-0.4, -0.2) is 10.1 Å². The van der Waals surface area contributed by atoms with Crippen LogP contribution in [0.15, 0.2) is 69.7 Å². The molecular formula is C20H15BrN2O2. The molecule has 4 nitrogen and oxygen atoms in total. The van der Waals surface area contributed by atoms with Crippen LogP contribution in [0.25, 0.3) is 22.2 Å². The molecule has 0 unspecified atom stereocenters. The molecule has 4 aromatic rings. The highest BCUT2D eigenvalue weighted by atomic mass is 79.9. The third kappa shape index (κ3) is 3.15. The van der Waals surface area contributed by atoms with Crippen molar-refractivity contribution in [3.8, 4) is 17.1 Å². The Kier molecular flexibility index (Phi) is 4.24. The SMILES string of the molecule is Cc1ccccc1-c1noc(COc2ccc3ccccc3c2Br)n1. The topological polar surface area (TPSA) is 48.2 Å². The second-order valence-electron chi connectivity index (χ2n) is 5.71. The van der Waals surface area contributed by atoms with E-state index < -0.39 is 0 Å². The maximum atomic E-state index is 5.87. The first kappa shape index (κ1) is 15.8. The summed E-state index contributed by atoms with van der Waals surface area (Å²) in [6.07, 6.45) is 0. The van der Waals surface area contributed by atoms with Gasteiger partial charge in [0.15, 0.2) is 6.61 Å². The molecule has 0 fully saturated rings. The lowest BCUT2D eigenvalue weighted by molar-refractivity contribution is 0.242. The predicted molar refractivity (Wildman–Crippen MR) is 100 cm³/mol. The number of hydrogen-bond donors (Lipinski definition) is 0. The van der Waals surface area contributed by atoms with E-state index in [0.29, 0.717) is 11.7 Å². The molecule has 0 aliphatic heterocycles. The van der Waals surface area contributed by atoms with E-state index in [1.807, 2.05) is 55.5 Å². The predicted octanol–water partition coefficient (Wildman–Crippen LogP) is 5.54. The molecular weight excluding hydrogens is 380 g/mol. The average molecular weight is 395 g/mol. The monoisotopic (exact) mass is 394 g/mol. The Morgan fingerprint density at radius 2 is 1.80 bits per heavy atom. The standard InChI is InChI=1S/C20H15BrN2O2/c1-13-6-2-4-8-15(13)20-22-18(25-23-20)12-24-17-11-10-14-7-3-5-9-16(14)19(17)21/h2-11H,12H2,1H3. The molecule has 0 saturated heterocycles. The summed E-state index contributed by atoms with van der Waals surface area (Å²) in [6.45, 7) is 2.24.